The zero-order chi connectivity index (χ0) is 21.3. The largest absolute Gasteiger partial charge is 0.472 e. The predicted molar refractivity (Wildman–Crippen MR) is 111 cm³/mol. The normalized spacial score (nSPS) is 10.9. The Kier molecular flexibility index (Phi) is 5.48. The van der Waals surface area contributed by atoms with Gasteiger partial charge < -0.3 is 19.2 Å². The second kappa shape index (κ2) is 8.22. The molecule has 1 aromatic carbocycles. The number of carbonyl (C=O) groups is 2. The third-order valence-corrected chi connectivity index (χ3v) is 5.14. The molecule has 3 heterocycles. The standard InChI is InChI=1S/C21H15Cl2N3O4/c1-11-17(19(26-30-11)18-14(22)3-2-4-15(18)23)20(27)13-7-16(24-9-13)21(28)25-8-12-5-6-29-10-12/h2-7,9-10,24H,8H2,1H3,(H,25,28). The molecule has 0 saturated heterocycles. The predicted octanol–water partition coefficient (Wildman–Crippen LogP) is 5.04. The lowest BCUT2D eigenvalue weighted by atomic mass is 9.99. The molecule has 0 radical (unpaired) electrons. The first-order valence-corrected chi connectivity index (χ1v) is 9.64. The molecule has 4 aromatic rings. The molecular formula is C21H15Cl2N3O4. The number of nitrogens with one attached hydrogen (secondary N) is 2. The van der Waals surface area contributed by atoms with Crippen LogP contribution in [0.15, 0.2) is 58.0 Å². The Morgan fingerprint density at radius 2 is 1.97 bits per heavy atom. The number of furan rings is 1. The molecule has 4 rings (SSSR count). The van der Waals surface area contributed by atoms with Gasteiger partial charge in [-0.3, -0.25) is 9.59 Å². The minimum Gasteiger partial charge on any atom is -0.472 e. The molecule has 0 aliphatic carbocycles. The van der Waals surface area contributed by atoms with Gasteiger partial charge >= 0.3 is 0 Å². The van der Waals surface area contributed by atoms with Crippen LogP contribution in [0.5, 0.6) is 0 Å². The molecule has 1 amide bonds. The zero-order valence-corrected chi connectivity index (χ0v) is 17.2. The number of aryl methyl sites for hydroxylation is 1. The molecule has 0 atom stereocenters. The number of carbonyl (C=O) groups excluding carboxylic acids is 2. The number of ketones is 1. The second-order valence-electron chi connectivity index (χ2n) is 6.50. The lowest BCUT2D eigenvalue weighted by molar-refractivity contribution is 0.0946. The maximum absolute atomic E-state index is 13.2. The first-order chi connectivity index (χ1) is 14.5. The minimum atomic E-state index is -0.370. The summed E-state index contributed by atoms with van der Waals surface area (Å²) in [5.41, 5.74) is 2.24. The van der Waals surface area contributed by atoms with Gasteiger partial charge in [-0.1, -0.05) is 34.4 Å². The van der Waals surface area contributed by atoms with Gasteiger partial charge in [-0.25, -0.2) is 0 Å². The van der Waals surface area contributed by atoms with Gasteiger partial charge in [-0.15, -0.1) is 0 Å². The van der Waals surface area contributed by atoms with Crippen molar-refractivity contribution in [1.29, 1.82) is 0 Å². The van der Waals surface area contributed by atoms with E-state index in [-0.39, 0.29) is 34.2 Å². The van der Waals surface area contributed by atoms with E-state index in [2.05, 4.69) is 15.5 Å². The van der Waals surface area contributed by atoms with Crippen molar-refractivity contribution in [3.8, 4) is 11.3 Å². The lowest BCUT2D eigenvalue weighted by Crippen LogP contribution is -2.22. The number of halogens is 2. The molecule has 0 aliphatic rings. The molecule has 0 aliphatic heterocycles. The fourth-order valence-electron chi connectivity index (χ4n) is 3.01. The van der Waals surface area contributed by atoms with Gasteiger partial charge in [0, 0.05) is 29.4 Å². The van der Waals surface area contributed by atoms with Crippen molar-refractivity contribution in [2.45, 2.75) is 13.5 Å². The number of hydrogen-bond acceptors (Lipinski definition) is 5. The summed E-state index contributed by atoms with van der Waals surface area (Å²) in [6.45, 7) is 1.93. The number of H-pyrrole nitrogens is 1. The summed E-state index contributed by atoms with van der Waals surface area (Å²) in [6, 6.07) is 8.22. The average molecular weight is 444 g/mol. The van der Waals surface area contributed by atoms with Gasteiger partial charge in [0.15, 0.2) is 5.78 Å². The van der Waals surface area contributed by atoms with Crippen LogP contribution in [0.4, 0.5) is 0 Å². The molecule has 9 heteroatoms. The van der Waals surface area contributed by atoms with Crippen molar-refractivity contribution < 1.29 is 18.5 Å². The quantitative estimate of drug-likeness (QED) is 0.406. The molecule has 0 spiro atoms. The Hall–Kier alpha value is -3.29. The lowest BCUT2D eigenvalue weighted by Gasteiger charge is -2.05. The van der Waals surface area contributed by atoms with Crippen LogP contribution in [-0.2, 0) is 6.54 Å². The van der Waals surface area contributed by atoms with E-state index in [1.54, 1.807) is 37.5 Å². The van der Waals surface area contributed by atoms with Gasteiger partial charge in [0.25, 0.3) is 5.91 Å². The van der Waals surface area contributed by atoms with Crippen LogP contribution in [0.3, 0.4) is 0 Å². The van der Waals surface area contributed by atoms with E-state index >= 15 is 0 Å². The number of rotatable bonds is 6. The van der Waals surface area contributed by atoms with Crippen LogP contribution in [-0.4, -0.2) is 21.8 Å². The number of nitrogens with zero attached hydrogens (tertiary/aromatic N) is 1. The van der Waals surface area contributed by atoms with Crippen molar-refractivity contribution in [3.63, 3.8) is 0 Å². The molecule has 30 heavy (non-hydrogen) atoms. The third-order valence-electron chi connectivity index (χ3n) is 4.51. The minimum absolute atomic E-state index is 0.231. The zero-order valence-electron chi connectivity index (χ0n) is 15.7. The maximum atomic E-state index is 13.2. The molecule has 152 valence electrons. The fraction of sp³-hybridized carbons (Fsp3) is 0.0952. The summed E-state index contributed by atoms with van der Waals surface area (Å²) in [6.07, 6.45) is 4.52. The van der Waals surface area contributed by atoms with Crippen molar-refractivity contribution in [3.05, 3.63) is 87.2 Å². The van der Waals surface area contributed by atoms with E-state index in [9.17, 15) is 9.59 Å². The molecule has 0 saturated carbocycles. The summed E-state index contributed by atoms with van der Waals surface area (Å²) >= 11 is 12.6. The van der Waals surface area contributed by atoms with E-state index in [0.29, 0.717) is 27.9 Å². The summed E-state index contributed by atoms with van der Waals surface area (Å²) < 4.78 is 10.2. The molecule has 0 fully saturated rings. The summed E-state index contributed by atoms with van der Waals surface area (Å²) in [5, 5.41) is 7.43. The molecule has 2 N–H and O–H groups in total. The van der Waals surface area contributed by atoms with E-state index in [0.717, 1.165) is 5.56 Å². The summed E-state index contributed by atoms with van der Waals surface area (Å²) in [7, 11) is 0. The van der Waals surface area contributed by atoms with Gasteiger partial charge in [-0.05, 0) is 31.2 Å². The van der Waals surface area contributed by atoms with Crippen molar-refractivity contribution >= 4 is 34.9 Å². The van der Waals surface area contributed by atoms with Gasteiger partial charge in [0.2, 0.25) is 0 Å². The molecule has 7 nitrogen and oxygen atoms in total. The first kappa shape index (κ1) is 20.0. The Bertz CT molecular complexity index is 1200. The van der Waals surface area contributed by atoms with Crippen LogP contribution in [0.25, 0.3) is 11.3 Å². The van der Waals surface area contributed by atoms with Gasteiger partial charge in [0.05, 0.1) is 28.1 Å². The van der Waals surface area contributed by atoms with Crippen molar-refractivity contribution in [2.24, 2.45) is 0 Å². The highest BCUT2D eigenvalue weighted by Gasteiger charge is 2.26. The van der Waals surface area contributed by atoms with E-state index in [1.165, 1.54) is 18.5 Å². The highest BCUT2D eigenvalue weighted by Crippen LogP contribution is 2.37. The first-order valence-electron chi connectivity index (χ1n) is 8.88. The Morgan fingerprint density at radius 1 is 1.20 bits per heavy atom. The molecular weight excluding hydrogens is 429 g/mol. The summed E-state index contributed by atoms with van der Waals surface area (Å²) in [5.74, 6) is -0.408. The molecule has 0 unspecified atom stereocenters. The van der Waals surface area contributed by atoms with Gasteiger partial charge in [-0.2, -0.15) is 0 Å². The number of hydrogen-bond donors (Lipinski definition) is 2. The van der Waals surface area contributed by atoms with Crippen molar-refractivity contribution in [1.82, 2.24) is 15.5 Å². The smallest absolute Gasteiger partial charge is 0.267 e. The van der Waals surface area contributed by atoms with E-state index < -0.39 is 0 Å². The average Bonchev–Trinajstić information content (AvgIpc) is 3.47. The Morgan fingerprint density at radius 3 is 2.67 bits per heavy atom. The molecule has 0 bridgehead atoms. The number of aromatic amines is 1. The Labute approximate surface area is 181 Å². The van der Waals surface area contributed by atoms with Crippen molar-refractivity contribution in [2.75, 3.05) is 0 Å². The van der Waals surface area contributed by atoms with E-state index in [4.69, 9.17) is 32.1 Å². The highest BCUT2D eigenvalue weighted by molar-refractivity contribution is 6.39. The monoisotopic (exact) mass is 443 g/mol. The second-order valence-corrected chi connectivity index (χ2v) is 7.32. The third kappa shape index (κ3) is 3.77. The SMILES string of the molecule is Cc1onc(-c2c(Cl)cccc2Cl)c1C(=O)c1c[nH]c(C(=O)NCc2ccoc2)c1. The fourth-order valence-corrected chi connectivity index (χ4v) is 3.58. The van der Waals surface area contributed by atoms with Crippen LogP contribution < -0.4 is 5.32 Å². The summed E-state index contributed by atoms with van der Waals surface area (Å²) in [4.78, 5) is 28.4. The van der Waals surface area contributed by atoms with Crippen LogP contribution >= 0.6 is 23.2 Å². The number of benzene rings is 1. The van der Waals surface area contributed by atoms with Crippen LogP contribution in [0.1, 0.15) is 37.7 Å². The van der Waals surface area contributed by atoms with Gasteiger partial charge in [0.1, 0.15) is 17.1 Å². The van der Waals surface area contributed by atoms with Crippen LogP contribution in [0, 0.1) is 6.92 Å². The highest BCUT2D eigenvalue weighted by atomic mass is 35.5. The number of aromatic nitrogens is 2. The maximum Gasteiger partial charge on any atom is 0.267 e. The topological polar surface area (TPSA) is 101 Å². The van der Waals surface area contributed by atoms with Crippen LogP contribution in [0.2, 0.25) is 10.0 Å². The van der Waals surface area contributed by atoms with E-state index in [1.807, 2.05) is 0 Å². The Balaban J connectivity index is 1.61. The number of amides is 1. The molecule has 3 aromatic heterocycles.